The van der Waals surface area contributed by atoms with E-state index in [1.54, 1.807) is 12.1 Å². The Hall–Kier alpha value is -1.26. The number of amides is 1. The maximum atomic E-state index is 11.4. The average molecular weight is 255 g/mol. The number of hydrogen-bond acceptors (Lipinski definition) is 3. The lowest BCUT2D eigenvalue weighted by Crippen LogP contribution is -2.30. The van der Waals surface area contributed by atoms with Gasteiger partial charge in [-0.05, 0) is 30.5 Å². The molecule has 5 heteroatoms. The normalized spacial score (nSPS) is 14.5. The number of carbonyl (C=O) groups is 1. The fourth-order valence-corrected chi connectivity index (χ4v) is 1.69. The highest BCUT2D eigenvalue weighted by Crippen LogP contribution is 2.25. The van der Waals surface area contributed by atoms with Gasteiger partial charge in [0.25, 0.3) is 5.91 Å². The van der Waals surface area contributed by atoms with E-state index in [1.165, 1.54) is 0 Å². The molecule has 1 aromatic carbocycles. The highest BCUT2D eigenvalue weighted by atomic mass is 35.5. The number of nitrogens with one attached hydrogen (secondary N) is 1. The molecular formula is C12H15ClN2O2. The van der Waals surface area contributed by atoms with Crippen LogP contribution < -0.4 is 15.8 Å². The first-order chi connectivity index (χ1) is 8.19. The van der Waals surface area contributed by atoms with Gasteiger partial charge in [-0.15, -0.1) is 0 Å². The quantitative estimate of drug-likeness (QED) is 0.836. The van der Waals surface area contributed by atoms with Crippen molar-refractivity contribution >= 4 is 17.5 Å². The molecule has 0 atom stereocenters. The maximum Gasteiger partial charge on any atom is 0.258 e. The van der Waals surface area contributed by atoms with E-state index < -0.39 is 0 Å². The van der Waals surface area contributed by atoms with Crippen molar-refractivity contribution in [3.05, 3.63) is 28.8 Å². The first-order valence-corrected chi connectivity index (χ1v) is 5.97. The summed E-state index contributed by atoms with van der Waals surface area (Å²) in [6, 6.07) is 5.66. The molecule has 1 aliphatic carbocycles. The minimum absolute atomic E-state index is 0.00179. The van der Waals surface area contributed by atoms with E-state index >= 15 is 0 Å². The third kappa shape index (κ3) is 3.61. The summed E-state index contributed by atoms with van der Waals surface area (Å²) >= 11 is 6.00. The van der Waals surface area contributed by atoms with E-state index in [1.807, 2.05) is 6.07 Å². The highest BCUT2D eigenvalue weighted by molar-refractivity contribution is 6.32. The molecule has 0 aromatic heterocycles. The lowest BCUT2D eigenvalue weighted by atomic mass is 10.2. The number of ether oxygens (including phenoxy) is 1. The van der Waals surface area contributed by atoms with Gasteiger partial charge < -0.3 is 15.8 Å². The largest absolute Gasteiger partial charge is 0.482 e. The predicted molar refractivity (Wildman–Crippen MR) is 66.0 cm³/mol. The van der Waals surface area contributed by atoms with Crippen molar-refractivity contribution in [1.29, 1.82) is 0 Å². The number of carbonyl (C=O) groups excluding carboxylic acids is 1. The van der Waals surface area contributed by atoms with Crippen LogP contribution in [0.15, 0.2) is 18.2 Å². The summed E-state index contributed by atoms with van der Waals surface area (Å²) in [7, 11) is 0. The van der Waals surface area contributed by atoms with Gasteiger partial charge in [0.2, 0.25) is 0 Å². The molecule has 1 aliphatic rings. The third-order valence-electron chi connectivity index (χ3n) is 2.53. The molecule has 1 aromatic rings. The Labute approximate surface area is 105 Å². The number of halogens is 1. The van der Waals surface area contributed by atoms with Gasteiger partial charge in [0, 0.05) is 12.6 Å². The second kappa shape index (κ2) is 5.38. The van der Waals surface area contributed by atoms with Gasteiger partial charge in [-0.25, -0.2) is 0 Å². The minimum Gasteiger partial charge on any atom is -0.482 e. The Balaban J connectivity index is 1.87. The number of rotatable bonds is 5. The fraction of sp³-hybridized carbons (Fsp3) is 0.417. The SMILES string of the molecule is NCc1ccc(OCC(=O)NC2CC2)c(Cl)c1. The van der Waals surface area contributed by atoms with Crippen molar-refractivity contribution in [2.45, 2.75) is 25.4 Å². The van der Waals surface area contributed by atoms with E-state index in [9.17, 15) is 4.79 Å². The highest BCUT2D eigenvalue weighted by Gasteiger charge is 2.23. The first-order valence-electron chi connectivity index (χ1n) is 5.59. The van der Waals surface area contributed by atoms with Crippen LogP contribution in [-0.2, 0) is 11.3 Å². The standard InChI is InChI=1S/C12H15ClN2O2/c13-10-5-8(6-14)1-4-11(10)17-7-12(16)15-9-2-3-9/h1,4-5,9H,2-3,6-7,14H2,(H,15,16). The van der Waals surface area contributed by atoms with Crippen LogP contribution in [0.2, 0.25) is 5.02 Å². The van der Waals surface area contributed by atoms with Crippen molar-refractivity contribution < 1.29 is 9.53 Å². The Morgan fingerprint density at radius 1 is 1.53 bits per heavy atom. The van der Waals surface area contributed by atoms with Gasteiger partial charge in [0.05, 0.1) is 5.02 Å². The Bertz CT molecular complexity index is 419. The summed E-state index contributed by atoms with van der Waals surface area (Å²) in [6.45, 7) is 0.431. The maximum absolute atomic E-state index is 11.4. The molecule has 1 fully saturated rings. The molecule has 0 saturated heterocycles. The van der Waals surface area contributed by atoms with Gasteiger partial charge in [0.15, 0.2) is 6.61 Å². The summed E-state index contributed by atoms with van der Waals surface area (Å²) in [5.74, 6) is 0.404. The summed E-state index contributed by atoms with van der Waals surface area (Å²) in [6.07, 6.45) is 2.13. The van der Waals surface area contributed by atoms with E-state index in [4.69, 9.17) is 22.1 Å². The zero-order valence-corrected chi connectivity index (χ0v) is 10.2. The van der Waals surface area contributed by atoms with Crippen LogP contribution in [0.1, 0.15) is 18.4 Å². The minimum atomic E-state index is -0.105. The summed E-state index contributed by atoms with van der Waals surface area (Å²) in [4.78, 5) is 11.4. The van der Waals surface area contributed by atoms with Crippen molar-refractivity contribution in [1.82, 2.24) is 5.32 Å². The van der Waals surface area contributed by atoms with Gasteiger partial charge in [-0.1, -0.05) is 17.7 Å². The molecule has 0 heterocycles. The zero-order valence-electron chi connectivity index (χ0n) is 9.41. The van der Waals surface area contributed by atoms with Gasteiger partial charge >= 0.3 is 0 Å². The molecule has 1 amide bonds. The van der Waals surface area contributed by atoms with Crippen LogP contribution in [0.3, 0.4) is 0 Å². The van der Waals surface area contributed by atoms with E-state index in [0.29, 0.717) is 23.4 Å². The van der Waals surface area contributed by atoms with Crippen LogP contribution in [0, 0.1) is 0 Å². The Morgan fingerprint density at radius 3 is 2.88 bits per heavy atom. The molecule has 4 nitrogen and oxygen atoms in total. The average Bonchev–Trinajstić information content (AvgIpc) is 3.11. The zero-order chi connectivity index (χ0) is 12.3. The molecular weight excluding hydrogens is 240 g/mol. The lowest BCUT2D eigenvalue weighted by molar-refractivity contribution is -0.123. The second-order valence-corrected chi connectivity index (χ2v) is 4.51. The first kappa shape index (κ1) is 12.2. The molecule has 3 N–H and O–H groups in total. The molecule has 92 valence electrons. The van der Waals surface area contributed by atoms with Crippen LogP contribution in [-0.4, -0.2) is 18.6 Å². The number of nitrogens with two attached hydrogens (primary N) is 1. The second-order valence-electron chi connectivity index (χ2n) is 4.10. The third-order valence-corrected chi connectivity index (χ3v) is 2.83. The van der Waals surface area contributed by atoms with E-state index in [-0.39, 0.29) is 12.5 Å². The van der Waals surface area contributed by atoms with Crippen LogP contribution >= 0.6 is 11.6 Å². The number of benzene rings is 1. The molecule has 0 aliphatic heterocycles. The molecule has 0 spiro atoms. The monoisotopic (exact) mass is 254 g/mol. The van der Waals surface area contributed by atoms with Crippen LogP contribution in [0.4, 0.5) is 0 Å². The molecule has 2 rings (SSSR count). The number of hydrogen-bond donors (Lipinski definition) is 2. The van der Waals surface area contributed by atoms with Crippen molar-refractivity contribution in [2.24, 2.45) is 5.73 Å². The van der Waals surface area contributed by atoms with Crippen molar-refractivity contribution in [3.8, 4) is 5.75 Å². The van der Waals surface area contributed by atoms with Crippen LogP contribution in [0.25, 0.3) is 0 Å². The smallest absolute Gasteiger partial charge is 0.258 e. The molecule has 1 saturated carbocycles. The topological polar surface area (TPSA) is 64.3 Å². The Kier molecular flexibility index (Phi) is 3.86. The summed E-state index contributed by atoms with van der Waals surface area (Å²) in [5, 5.41) is 3.32. The van der Waals surface area contributed by atoms with Crippen molar-refractivity contribution in [3.63, 3.8) is 0 Å². The molecule has 0 bridgehead atoms. The van der Waals surface area contributed by atoms with Crippen LogP contribution in [0.5, 0.6) is 5.75 Å². The van der Waals surface area contributed by atoms with Gasteiger partial charge in [-0.3, -0.25) is 4.79 Å². The fourth-order valence-electron chi connectivity index (χ4n) is 1.43. The predicted octanol–water partition coefficient (Wildman–Crippen LogP) is 1.46. The Morgan fingerprint density at radius 2 is 2.29 bits per heavy atom. The van der Waals surface area contributed by atoms with Gasteiger partial charge in [0.1, 0.15) is 5.75 Å². The molecule has 0 radical (unpaired) electrons. The summed E-state index contributed by atoms with van der Waals surface area (Å²) < 4.78 is 5.34. The van der Waals surface area contributed by atoms with E-state index in [2.05, 4.69) is 5.32 Å². The summed E-state index contributed by atoms with van der Waals surface area (Å²) in [5.41, 5.74) is 6.42. The lowest BCUT2D eigenvalue weighted by Gasteiger charge is -2.09. The van der Waals surface area contributed by atoms with E-state index in [0.717, 1.165) is 18.4 Å². The molecule has 17 heavy (non-hydrogen) atoms. The van der Waals surface area contributed by atoms with Gasteiger partial charge in [-0.2, -0.15) is 0 Å². The van der Waals surface area contributed by atoms with Crippen molar-refractivity contribution in [2.75, 3.05) is 6.61 Å². The molecule has 0 unspecified atom stereocenters.